The second-order valence-electron chi connectivity index (χ2n) is 7.55. The lowest BCUT2D eigenvalue weighted by atomic mass is 10.1. The maximum atomic E-state index is 14.4. The van der Waals surface area contributed by atoms with Gasteiger partial charge in [-0.15, -0.1) is 0 Å². The summed E-state index contributed by atoms with van der Waals surface area (Å²) < 4.78 is 93.7. The van der Waals surface area contributed by atoms with Gasteiger partial charge in [-0.3, -0.25) is 4.90 Å². The standard InChI is InChI=1S/C19H22F7N3O2/c20-14-5-3-4-13(15(14)28-6-1-2-7-28)12-27-8-10-29(11-9-27)17(30)31-16(18(21,22)23)19(24,25)26/h3-5,16H,1-2,6-12H2. The fraction of sp³-hybridized carbons (Fsp3) is 0.632. The van der Waals surface area contributed by atoms with Crippen molar-refractivity contribution in [2.24, 2.45) is 0 Å². The minimum atomic E-state index is -5.75. The average molecular weight is 457 g/mol. The number of carbonyl (C=O) groups excluding carboxylic acids is 1. The van der Waals surface area contributed by atoms with Crippen LogP contribution < -0.4 is 4.90 Å². The first-order valence-electron chi connectivity index (χ1n) is 9.80. The third-order valence-corrected chi connectivity index (χ3v) is 5.33. The Labute approximate surface area is 174 Å². The molecular formula is C19H22F7N3O2. The number of piperazine rings is 1. The van der Waals surface area contributed by atoms with Gasteiger partial charge in [-0.25, -0.2) is 9.18 Å². The van der Waals surface area contributed by atoms with Gasteiger partial charge in [0.25, 0.3) is 6.10 Å². The second-order valence-corrected chi connectivity index (χ2v) is 7.55. The van der Waals surface area contributed by atoms with Crippen LogP contribution >= 0.6 is 0 Å². The number of nitrogens with zero attached hydrogens (tertiary/aromatic N) is 3. The van der Waals surface area contributed by atoms with Crippen LogP contribution in [-0.2, 0) is 11.3 Å². The Morgan fingerprint density at radius 3 is 2.06 bits per heavy atom. The molecule has 0 N–H and O–H groups in total. The molecule has 2 heterocycles. The van der Waals surface area contributed by atoms with Crippen LogP contribution in [0.25, 0.3) is 0 Å². The predicted molar refractivity (Wildman–Crippen MR) is 97.1 cm³/mol. The fourth-order valence-corrected chi connectivity index (χ4v) is 3.81. The van der Waals surface area contributed by atoms with Gasteiger partial charge in [0.1, 0.15) is 5.82 Å². The molecule has 0 aliphatic carbocycles. The number of para-hydroxylation sites is 1. The molecule has 0 unspecified atom stereocenters. The van der Waals surface area contributed by atoms with E-state index in [1.165, 1.54) is 6.07 Å². The summed E-state index contributed by atoms with van der Waals surface area (Å²) in [5, 5.41) is 0. The number of anilines is 1. The molecule has 0 spiro atoms. The molecule has 12 heteroatoms. The van der Waals surface area contributed by atoms with Crippen LogP contribution in [0.1, 0.15) is 18.4 Å². The largest absolute Gasteiger partial charge is 0.434 e. The van der Waals surface area contributed by atoms with Crippen LogP contribution in [0.3, 0.4) is 0 Å². The van der Waals surface area contributed by atoms with E-state index in [9.17, 15) is 35.5 Å². The molecule has 3 rings (SSSR count). The maximum absolute atomic E-state index is 14.4. The monoisotopic (exact) mass is 457 g/mol. The number of rotatable bonds is 4. The Morgan fingerprint density at radius 1 is 0.935 bits per heavy atom. The maximum Gasteiger partial charge on any atom is 0.434 e. The fourth-order valence-electron chi connectivity index (χ4n) is 3.81. The van der Waals surface area contributed by atoms with Gasteiger partial charge in [-0.2, -0.15) is 26.3 Å². The summed E-state index contributed by atoms with van der Waals surface area (Å²) in [5.74, 6) is -0.341. The Morgan fingerprint density at radius 2 is 1.52 bits per heavy atom. The third-order valence-electron chi connectivity index (χ3n) is 5.33. The molecule has 2 fully saturated rings. The summed E-state index contributed by atoms with van der Waals surface area (Å²) in [6, 6.07) is 4.75. The zero-order valence-corrected chi connectivity index (χ0v) is 16.5. The number of halogens is 7. The van der Waals surface area contributed by atoms with Crippen LogP contribution in [0.4, 0.5) is 41.2 Å². The first-order chi connectivity index (χ1) is 14.5. The van der Waals surface area contributed by atoms with E-state index in [1.54, 1.807) is 12.1 Å². The van der Waals surface area contributed by atoms with Gasteiger partial charge < -0.3 is 14.5 Å². The van der Waals surface area contributed by atoms with E-state index < -0.39 is 24.5 Å². The number of ether oxygens (including phenoxy) is 1. The van der Waals surface area contributed by atoms with E-state index in [-0.39, 0.29) is 32.0 Å². The molecule has 174 valence electrons. The lowest BCUT2D eigenvalue weighted by Gasteiger charge is -2.35. The Balaban J connectivity index is 1.59. The van der Waals surface area contributed by atoms with Crippen molar-refractivity contribution in [2.75, 3.05) is 44.2 Å². The van der Waals surface area contributed by atoms with Gasteiger partial charge in [-0.05, 0) is 24.5 Å². The molecule has 0 radical (unpaired) electrons. The van der Waals surface area contributed by atoms with Crippen molar-refractivity contribution in [1.82, 2.24) is 9.80 Å². The third kappa shape index (κ3) is 5.72. The van der Waals surface area contributed by atoms with Gasteiger partial charge >= 0.3 is 18.4 Å². The molecule has 0 saturated carbocycles. The molecule has 1 aromatic carbocycles. The molecule has 5 nitrogen and oxygen atoms in total. The van der Waals surface area contributed by atoms with E-state index >= 15 is 0 Å². The molecule has 1 aromatic rings. The highest BCUT2D eigenvalue weighted by Gasteiger charge is 2.60. The highest BCUT2D eigenvalue weighted by atomic mass is 19.4. The summed E-state index contributed by atoms with van der Waals surface area (Å²) >= 11 is 0. The van der Waals surface area contributed by atoms with Crippen molar-refractivity contribution in [2.45, 2.75) is 37.8 Å². The predicted octanol–water partition coefficient (Wildman–Crippen LogP) is 4.17. The molecule has 0 atom stereocenters. The van der Waals surface area contributed by atoms with E-state index in [4.69, 9.17) is 0 Å². The highest BCUT2D eigenvalue weighted by molar-refractivity contribution is 5.68. The van der Waals surface area contributed by atoms with E-state index in [0.29, 0.717) is 12.2 Å². The van der Waals surface area contributed by atoms with Crippen molar-refractivity contribution in [1.29, 1.82) is 0 Å². The summed E-state index contributed by atoms with van der Waals surface area (Å²) in [6.45, 7) is 2.03. The number of benzene rings is 1. The van der Waals surface area contributed by atoms with Gasteiger partial charge in [0.2, 0.25) is 0 Å². The molecule has 2 saturated heterocycles. The molecule has 2 aliphatic rings. The lowest BCUT2D eigenvalue weighted by molar-refractivity contribution is -0.308. The summed E-state index contributed by atoms with van der Waals surface area (Å²) in [4.78, 5) is 16.5. The number of alkyl halides is 6. The van der Waals surface area contributed by atoms with Gasteiger partial charge in [0.05, 0.1) is 5.69 Å². The minimum absolute atomic E-state index is 0.102. The molecule has 2 aliphatic heterocycles. The topological polar surface area (TPSA) is 36.0 Å². The van der Waals surface area contributed by atoms with Crippen LogP contribution in [0, 0.1) is 5.82 Å². The molecule has 0 bridgehead atoms. The summed E-state index contributed by atoms with van der Waals surface area (Å²) in [5.41, 5.74) is 1.26. The minimum Gasteiger partial charge on any atom is -0.426 e. The zero-order valence-electron chi connectivity index (χ0n) is 16.5. The van der Waals surface area contributed by atoms with E-state index in [1.807, 2.05) is 9.80 Å². The van der Waals surface area contributed by atoms with Crippen LogP contribution in [-0.4, -0.2) is 73.6 Å². The summed E-state index contributed by atoms with van der Waals surface area (Å²) in [6.07, 6.45) is -15.4. The van der Waals surface area contributed by atoms with E-state index in [0.717, 1.165) is 36.4 Å². The first kappa shape index (κ1) is 23.4. The van der Waals surface area contributed by atoms with Gasteiger partial charge in [0, 0.05) is 45.8 Å². The van der Waals surface area contributed by atoms with Crippen LogP contribution in [0.2, 0.25) is 0 Å². The van der Waals surface area contributed by atoms with Crippen LogP contribution in [0.5, 0.6) is 0 Å². The SMILES string of the molecule is O=C(OC(C(F)(F)F)C(F)(F)F)N1CCN(Cc2cccc(F)c2N2CCCC2)CC1. The smallest absolute Gasteiger partial charge is 0.426 e. The van der Waals surface area contributed by atoms with Gasteiger partial charge in [-0.1, -0.05) is 12.1 Å². The normalized spacial score (nSPS) is 18.7. The Hall–Kier alpha value is -2.24. The number of hydrogen-bond donors (Lipinski definition) is 0. The molecule has 1 amide bonds. The highest BCUT2D eigenvalue weighted by Crippen LogP contribution is 2.36. The number of hydrogen-bond acceptors (Lipinski definition) is 4. The average Bonchev–Trinajstić information content (AvgIpc) is 3.19. The lowest BCUT2D eigenvalue weighted by Crippen LogP contribution is -2.52. The number of amides is 1. The Bertz CT molecular complexity index is 757. The molecule has 0 aromatic heterocycles. The molecular weight excluding hydrogens is 435 g/mol. The van der Waals surface area contributed by atoms with Crippen molar-refractivity contribution in [3.05, 3.63) is 29.6 Å². The number of carbonyl (C=O) groups is 1. The zero-order chi connectivity index (χ0) is 22.8. The first-order valence-corrected chi connectivity index (χ1v) is 9.80. The second kappa shape index (κ2) is 9.09. The van der Waals surface area contributed by atoms with Crippen molar-refractivity contribution >= 4 is 11.8 Å². The van der Waals surface area contributed by atoms with Crippen molar-refractivity contribution in [3.63, 3.8) is 0 Å². The molecule has 31 heavy (non-hydrogen) atoms. The van der Waals surface area contributed by atoms with E-state index in [2.05, 4.69) is 4.74 Å². The quantitative estimate of drug-likeness (QED) is 0.636. The van der Waals surface area contributed by atoms with Crippen LogP contribution in [0.15, 0.2) is 18.2 Å². The summed E-state index contributed by atoms with van der Waals surface area (Å²) in [7, 11) is 0. The van der Waals surface area contributed by atoms with Crippen molar-refractivity contribution < 1.29 is 40.3 Å². The van der Waals surface area contributed by atoms with Crippen molar-refractivity contribution in [3.8, 4) is 0 Å². The Kier molecular flexibility index (Phi) is 6.87. The van der Waals surface area contributed by atoms with Gasteiger partial charge in [0.15, 0.2) is 0 Å².